The van der Waals surface area contributed by atoms with Gasteiger partial charge in [-0.05, 0) is 27.2 Å². The predicted molar refractivity (Wildman–Crippen MR) is 78.3 cm³/mol. The summed E-state index contributed by atoms with van der Waals surface area (Å²) in [5.41, 5.74) is 0.416. The first-order chi connectivity index (χ1) is 9.81. The van der Waals surface area contributed by atoms with Crippen molar-refractivity contribution in [2.24, 2.45) is 0 Å². The molecule has 1 aromatic heterocycles. The van der Waals surface area contributed by atoms with E-state index in [0.29, 0.717) is 30.9 Å². The molecule has 1 saturated heterocycles. The van der Waals surface area contributed by atoms with E-state index in [0.717, 1.165) is 0 Å². The van der Waals surface area contributed by atoms with Crippen molar-refractivity contribution in [3.8, 4) is 0 Å². The molecule has 8 heteroatoms. The second-order valence-corrected chi connectivity index (χ2v) is 5.73. The number of nitro groups is 1. The maximum atomic E-state index is 11.5. The predicted octanol–water partition coefficient (Wildman–Crippen LogP) is 1.71. The van der Waals surface area contributed by atoms with E-state index < -0.39 is 4.92 Å². The number of hydrogen-bond acceptors (Lipinski definition) is 5. The van der Waals surface area contributed by atoms with E-state index in [4.69, 9.17) is 0 Å². The van der Waals surface area contributed by atoms with E-state index in [1.807, 2.05) is 13.8 Å². The van der Waals surface area contributed by atoms with E-state index in [1.165, 1.54) is 0 Å². The van der Waals surface area contributed by atoms with Gasteiger partial charge in [0.05, 0.1) is 4.92 Å². The van der Waals surface area contributed by atoms with Gasteiger partial charge in [0.25, 0.3) is 0 Å². The molecular weight excluding hydrogens is 274 g/mol. The molecule has 1 aromatic rings. The third kappa shape index (κ3) is 2.98. The number of nitrogens with zero attached hydrogens (tertiary/aromatic N) is 4. The normalized spacial score (nSPS) is 19.2. The Morgan fingerprint density at radius 2 is 2.14 bits per heavy atom. The quantitative estimate of drug-likeness (QED) is 0.674. The summed E-state index contributed by atoms with van der Waals surface area (Å²) in [6, 6.07) is 0.0165. The highest BCUT2D eigenvalue weighted by Gasteiger charge is 2.30. The van der Waals surface area contributed by atoms with Crippen molar-refractivity contribution in [2.45, 2.75) is 45.7 Å². The number of aryl methyl sites for hydroxylation is 1. The van der Waals surface area contributed by atoms with Crippen LogP contribution >= 0.6 is 0 Å². The van der Waals surface area contributed by atoms with Gasteiger partial charge in [-0.3, -0.25) is 14.9 Å². The summed E-state index contributed by atoms with van der Waals surface area (Å²) in [5, 5.41) is 18.8. The summed E-state index contributed by atoms with van der Waals surface area (Å²) in [7, 11) is 1.75. The van der Waals surface area contributed by atoms with E-state index in [2.05, 4.69) is 10.4 Å². The zero-order chi connectivity index (χ0) is 15.7. The molecule has 1 fully saturated rings. The Morgan fingerprint density at radius 3 is 2.67 bits per heavy atom. The van der Waals surface area contributed by atoms with Crippen LogP contribution in [0.2, 0.25) is 0 Å². The molecule has 1 aliphatic heterocycles. The van der Waals surface area contributed by atoms with Crippen LogP contribution in [-0.4, -0.2) is 45.1 Å². The highest BCUT2D eigenvalue weighted by molar-refractivity contribution is 5.77. The molecule has 1 atom stereocenters. The number of carbonyl (C=O) groups is 1. The highest BCUT2D eigenvalue weighted by Crippen LogP contribution is 2.32. The number of aromatic nitrogens is 2. The molecule has 116 valence electrons. The number of amides is 1. The Hall–Kier alpha value is -2.12. The van der Waals surface area contributed by atoms with Crippen LogP contribution in [0.25, 0.3) is 0 Å². The Kier molecular flexibility index (Phi) is 4.15. The maximum absolute atomic E-state index is 11.5. The standard InChI is InChI=1S/C13H21N5O3/c1-8(2)17-13(12(18(20)21)9(3)15-17)14-10-5-6-11(19)16(4)7-10/h8,10,14H,5-7H2,1-4H3. The van der Waals surface area contributed by atoms with Gasteiger partial charge in [-0.1, -0.05) is 0 Å². The molecule has 0 radical (unpaired) electrons. The number of piperidine rings is 1. The van der Waals surface area contributed by atoms with Crippen molar-refractivity contribution in [2.75, 3.05) is 18.9 Å². The van der Waals surface area contributed by atoms with Gasteiger partial charge < -0.3 is 10.2 Å². The number of hydrogen-bond donors (Lipinski definition) is 1. The van der Waals surface area contributed by atoms with Crippen molar-refractivity contribution in [1.82, 2.24) is 14.7 Å². The lowest BCUT2D eigenvalue weighted by Crippen LogP contribution is -2.43. The fraction of sp³-hybridized carbons (Fsp3) is 0.692. The highest BCUT2D eigenvalue weighted by atomic mass is 16.6. The van der Waals surface area contributed by atoms with Crippen LogP contribution < -0.4 is 5.32 Å². The first kappa shape index (κ1) is 15.3. The molecule has 0 aliphatic carbocycles. The van der Waals surface area contributed by atoms with Gasteiger partial charge in [-0.25, -0.2) is 4.68 Å². The van der Waals surface area contributed by atoms with Crippen LogP contribution in [0.4, 0.5) is 11.5 Å². The van der Waals surface area contributed by atoms with E-state index >= 15 is 0 Å². The Morgan fingerprint density at radius 1 is 1.48 bits per heavy atom. The molecule has 1 amide bonds. The molecular formula is C13H21N5O3. The van der Waals surface area contributed by atoms with Gasteiger partial charge >= 0.3 is 5.69 Å². The summed E-state index contributed by atoms with van der Waals surface area (Å²) in [4.78, 5) is 24.1. The molecule has 1 aliphatic rings. The summed E-state index contributed by atoms with van der Waals surface area (Å²) >= 11 is 0. The van der Waals surface area contributed by atoms with Crippen LogP contribution in [0.5, 0.6) is 0 Å². The van der Waals surface area contributed by atoms with Crippen molar-refractivity contribution < 1.29 is 9.72 Å². The lowest BCUT2D eigenvalue weighted by molar-refractivity contribution is -0.384. The molecule has 0 saturated carbocycles. The molecule has 1 N–H and O–H groups in total. The molecule has 21 heavy (non-hydrogen) atoms. The zero-order valence-electron chi connectivity index (χ0n) is 12.8. The zero-order valence-corrected chi connectivity index (χ0v) is 12.8. The SMILES string of the molecule is Cc1nn(C(C)C)c(NC2CCC(=O)N(C)C2)c1[N+](=O)[O-]. The van der Waals surface area contributed by atoms with Gasteiger partial charge in [0, 0.05) is 32.1 Å². The summed E-state index contributed by atoms with van der Waals surface area (Å²) in [6.45, 7) is 6.03. The lowest BCUT2D eigenvalue weighted by atomic mass is 10.1. The Balaban J connectivity index is 2.30. The topological polar surface area (TPSA) is 93.3 Å². The molecule has 0 bridgehead atoms. The summed E-state index contributed by atoms with van der Waals surface area (Å²) < 4.78 is 1.64. The van der Waals surface area contributed by atoms with Crippen LogP contribution in [0.1, 0.15) is 38.4 Å². The van der Waals surface area contributed by atoms with Gasteiger partial charge in [-0.2, -0.15) is 5.10 Å². The average Bonchev–Trinajstić information content (AvgIpc) is 2.71. The second-order valence-electron chi connectivity index (χ2n) is 5.73. The van der Waals surface area contributed by atoms with E-state index in [9.17, 15) is 14.9 Å². The maximum Gasteiger partial charge on any atom is 0.333 e. The van der Waals surface area contributed by atoms with Gasteiger partial charge in [-0.15, -0.1) is 0 Å². The molecule has 1 unspecified atom stereocenters. The molecule has 0 spiro atoms. The minimum atomic E-state index is -0.402. The number of likely N-dealkylation sites (N-methyl/N-ethyl adjacent to an activating group) is 1. The third-order valence-electron chi connectivity index (χ3n) is 3.69. The van der Waals surface area contributed by atoms with E-state index in [-0.39, 0.29) is 23.7 Å². The number of rotatable bonds is 4. The summed E-state index contributed by atoms with van der Waals surface area (Å²) in [5.74, 6) is 0.538. The number of anilines is 1. The van der Waals surface area contributed by atoms with Crippen LogP contribution in [0, 0.1) is 17.0 Å². The number of carbonyl (C=O) groups excluding carboxylic acids is 1. The summed E-state index contributed by atoms with van der Waals surface area (Å²) in [6.07, 6.45) is 1.12. The molecule has 2 heterocycles. The minimum absolute atomic E-state index is 0.000000000000000222. The van der Waals surface area contributed by atoms with Crippen molar-refractivity contribution in [1.29, 1.82) is 0 Å². The second kappa shape index (κ2) is 5.71. The van der Waals surface area contributed by atoms with Crippen LogP contribution in [0.15, 0.2) is 0 Å². The van der Waals surface area contributed by atoms with Crippen molar-refractivity contribution >= 4 is 17.4 Å². The molecule has 2 rings (SSSR count). The largest absolute Gasteiger partial charge is 0.360 e. The minimum Gasteiger partial charge on any atom is -0.360 e. The monoisotopic (exact) mass is 295 g/mol. The fourth-order valence-electron chi connectivity index (χ4n) is 2.59. The Labute approximate surface area is 123 Å². The van der Waals surface area contributed by atoms with E-state index in [1.54, 1.807) is 23.6 Å². The van der Waals surface area contributed by atoms with Crippen molar-refractivity contribution in [3.05, 3.63) is 15.8 Å². The smallest absolute Gasteiger partial charge is 0.333 e. The molecule has 8 nitrogen and oxygen atoms in total. The van der Waals surface area contributed by atoms with Crippen LogP contribution in [-0.2, 0) is 4.79 Å². The number of nitrogens with one attached hydrogen (secondary N) is 1. The average molecular weight is 295 g/mol. The van der Waals surface area contributed by atoms with Gasteiger partial charge in [0.2, 0.25) is 11.7 Å². The first-order valence-electron chi connectivity index (χ1n) is 7.05. The molecule has 0 aromatic carbocycles. The van der Waals surface area contributed by atoms with Crippen molar-refractivity contribution in [3.63, 3.8) is 0 Å². The van der Waals surface area contributed by atoms with Crippen LogP contribution in [0.3, 0.4) is 0 Å². The van der Waals surface area contributed by atoms with Gasteiger partial charge in [0.1, 0.15) is 5.69 Å². The third-order valence-corrected chi connectivity index (χ3v) is 3.69. The fourth-order valence-corrected chi connectivity index (χ4v) is 2.59. The lowest BCUT2D eigenvalue weighted by Gasteiger charge is -2.30. The first-order valence-corrected chi connectivity index (χ1v) is 7.05. The van der Waals surface area contributed by atoms with Gasteiger partial charge in [0.15, 0.2) is 0 Å². The Bertz CT molecular complexity index is 566. The number of likely N-dealkylation sites (tertiary alicyclic amines) is 1.